The summed E-state index contributed by atoms with van der Waals surface area (Å²) in [6.45, 7) is 0. The molecule has 11 rings (SSSR count). The van der Waals surface area contributed by atoms with Crippen molar-refractivity contribution in [3.8, 4) is 56.8 Å². The van der Waals surface area contributed by atoms with Gasteiger partial charge in [-0.05, 0) is 48.5 Å². The molecule has 0 saturated heterocycles. The molecule has 262 valence electrons. The van der Waals surface area contributed by atoms with Crippen molar-refractivity contribution < 1.29 is 0 Å². The minimum atomic E-state index is 0.549. The van der Waals surface area contributed by atoms with Crippen LogP contribution in [0.2, 0.25) is 0 Å². The average Bonchev–Trinajstić information content (AvgIpc) is 3.86. The number of aromatic nitrogens is 6. The van der Waals surface area contributed by atoms with E-state index in [4.69, 9.17) is 19.9 Å². The van der Waals surface area contributed by atoms with Gasteiger partial charge in [0.15, 0.2) is 11.6 Å². The lowest BCUT2D eigenvalue weighted by molar-refractivity contribution is 1.11. The number of rotatable bonds is 6. The van der Waals surface area contributed by atoms with Crippen LogP contribution in [0.15, 0.2) is 194 Å². The quantitative estimate of drug-likeness (QED) is 0.172. The van der Waals surface area contributed by atoms with Gasteiger partial charge in [0.05, 0.1) is 33.5 Å². The predicted octanol–water partition coefficient (Wildman–Crippen LogP) is 12.1. The van der Waals surface area contributed by atoms with E-state index in [1.807, 2.05) is 54.6 Å². The Kier molecular flexibility index (Phi) is 7.38. The summed E-state index contributed by atoms with van der Waals surface area (Å²) < 4.78 is 4.68. The molecule has 0 bridgehead atoms. The second-order valence-electron chi connectivity index (χ2n) is 13.9. The fourth-order valence-electron chi connectivity index (χ4n) is 7.97. The summed E-state index contributed by atoms with van der Waals surface area (Å²) in [4.78, 5) is 20.8. The third kappa shape index (κ3) is 5.27. The van der Waals surface area contributed by atoms with Crippen LogP contribution in [-0.4, -0.2) is 29.1 Å². The van der Waals surface area contributed by atoms with E-state index in [0.29, 0.717) is 17.3 Å². The van der Waals surface area contributed by atoms with Crippen molar-refractivity contribution in [2.75, 3.05) is 0 Å². The molecule has 0 radical (unpaired) electrons. The lowest BCUT2D eigenvalue weighted by atomic mass is 10.1. The van der Waals surface area contributed by atoms with E-state index < -0.39 is 0 Å². The molecule has 0 saturated carbocycles. The van der Waals surface area contributed by atoms with Crippen molar-refractivity contribution in [1.29, 1.82) is 0 Å². The Hall–Kier alpha value is -7.70. The molecule has 0 unspecified atom stereocenters. The number of hydrogen-bond donors (Lipinski definition) is 0. The molecule has 0 spiro atoms. The number of fused-ring (bicyclic) bond motifs is 6. The highest BCUT2D eigenvalue weighted by Gasteiger charge is 2.20. The molecule has 4 heterocycles. The summed E-state index contributed by atoms with van der Waals surface area (Å²) in [7, 11) is 0. The highest BCUT2D eigenvalue weighted by atomic mass is 15.0. The van der Waals surface area contributed by atoms with Gasteiger partial charge in [-0.2, -0.15) is 0 Å². The fourth-order valence-corrected chi connectivity index (χ4v) is 7.97. The molecule has 0 aliphatic rings. The second-order valence-corrected chi connectivity index (χ2v) is 13.9. The van der Waals surface area contributed by atoms with Gasteiger partial charge in [-0.15, -0.1) is 0 Å². The van der Waals surface area contributed by atoms with Crippen molar-refractivity contribution in [2.24, 2.45) is 0 Å². The van der Waals surface area contributed by atoms with Crippen LogP contribution in [0.3, 0.4) is 0 Å². The fraction of sp³-hybridized carbons (Fsp3) is 0. The lowest BCUT2D eigenvalue weighted by Crippen LogP contribution is -2.01. The molecule has 0 aliphatic heterocycles. The van der Waals surface area contributed by atoms with E-state index >= 15 is 0 Å². The van der Waals surface area contributed by atoms with E-state index in [9.17, 15) is 0 Å². The molecular formula is C50H32N6. The third-order valence-electron chi connectivity index (χ3n) is 10.6. The van der Waals surface area contributed by atoms with Crippen molar-refractivity contribution in [1.82, 2.24) is 29.1 Å². The zero-order valence-corrected chi connectivity index (χ0v) is 30.2. The number of benzene rings is 7. The van der Waals surface area contributed by atoms with Crippen LogP contribution < -0.4 is 0 Å². The third-order valence-corrected chi connectivity index (χ3v) is 10.6. The summed E-state index contributed by atoms with van der Waals surface area (Å²) >= 11 is 0. The minimum Gasteiger partial charge on any atom is -0.315 e. The van der Waals surface area contributed by atoms with Gasteiger partial charge >= 0.3 is 0 Å². The monoisotopic (exact) mass is 716 g/mol. The van der Waals surface area contributed by atoms with Gasteiger partial charge < -0.3 is 9.13 Å². The Bertz CT molecular complexity index is 3180. The second kappa shape index (κ2) is 13.0. The molecule has 0 fully saturated rings. The van der Waals surface area contributed by atoms with Crippen molar-refractivity contribution in [3.63, 3.8) is 0 Å². The maximum absolute atomic E-state index is 5.30. The maximum atomic E-state index is 5.30. The summed E-state index contributed by atoms with van der Waals surface area (Å²) in [6, 6.07) is 65.1. The van der Waals surface area contributed by atoms with E-state index in [1.54, 1.807) is 0 Å². The predicted molar refractivity (Wildman–Crippen MR) is 228 cm³/mol. The Morgan fingerprint density at radius 3 is 1.75 bits per heavy atom. The van der Waals surface area contributed by atoms with Crippen LogP contribution in [0.5, 0.6) is 0 Å². The minimum absolute atomic E-state index is 0.549. The van der Waals surface area contributed by atoms with Crippen LogP contribution in [0.1, 0.15) is 0 Å². The molecule has 4 aromatic heterocycles. The van der Waals surface area contributed by atoms with Crippen LogP contribution in [-0.2, 0) is 0 Å². The van der Waals surface area contributed by atoms with Crippen molar-refractivity contribution in [2.45, 2.75) is 0 Å². The van der Waals surface area contributed by atoms with Crippen LogP contribution in [0.25, 0.3) is 100 Å². The van der Waals surface area contributed by atoms with Crippen LogP contribution in [0, 0.1) is 0 Å². The lowest BCUT2D eigenvalue weighted by Gasteiger charge is -2.14. The van der Waals surface area contributed by atoms with E-state index in [0.717, 1.165) is 66.9 Å². The first kappa shape index (κ1) is 31.8. The Morgan fingerprint density at radius 1 is 0.375 bits per heavy atom. The van der Waals surface area contributed by atoms with Gasteiger partial charge in [0.2, 0.25) is 0 Å². The van der Waals surface area contributed by atoms with Gasteiger partial charge in [-0.3, -0.25) is 0 Å². The molecule has 56 heavy (non-hydrogen) atoms. The zero-order valence-electron chi connectivity index (χ0n) is 30.2. The zero-order chi connectivity index (χ0) is 37.0. The highest BCUT2D eigenvalue weighted by Crippen LogP contribution is 2.39. The van der Waals surface area contributed by atoms with Crippen molar-refractivity contribution >= 4 is 43.6 Å². The van der Waals surface area contributed by atoms with Crippen molar-refractivity contribution in [3.05, 3.63) is 194 Å². The maximum Gasteiger partial charge on any atom is 0.180 e. The summed E-state index contributed by atoms with van der Waals surface area (Å²) in [5, 5.41) is 4.47. The Balaban J connectivity index is 1.13. The normalized spacial score (nSPS) is 11.6. The van der Waals surface area contributed by atoms with Gasteiger partial charge in [0, 0.05) is 55.8 Å². The summed E-state index contributed by atoms with van der Waals surface area (Å²) in [5.74, 6) is 1.15. The molecule has 0 amide bonds. The molecule has 6 nitrogen and oxygen atoms in total. The topological polar surface area (TPSA) is 61.4 Å². The van der Waals surface area contributed by atoms with Gasteiger partial charge in [0.1, 0.15) is 5.69 Å². The van der Waals surface area contributed by atoms with Gasteiger partial charge in [0.25, 0.3) is 0 Å². The first-order valence-electron chi connectivity index (χ1n) is 18.7. The molecule has 0 aliphatic carbocycles. The van der Waals surface area contributed by atoms with Gasteiger partial charge in [-0.25, -0.2) is 19.9 Å². The number of hydrogen-bond acceptors (Lipinski definition) is 4. The number of nitrogens with zero attached hydrogens (tertiary/aromatic N) is 6. The number of para-hydroxylation sites is 3. The first-order chi connectivity index (χ1) is 27.8. The van der Waals surface area contributed by atoms with E-state index in [1.165, 1.54) is 16.2 Å². The van der Waals surface area contributed by atoms with E-state index in [2.05, 4.69) is 149 Å². The molecule has 7 aromatic carbocycles. The molecule has 0 atom stereocenters. The molecule has 0 N–H and O–H groups in total. The van der Waals surface area contributed by atoms with Crippen LogP contribution >= 0.6 is 0 Å². The Morgan fingerprint density at radius 2 is 1.00 bits per heavy atom. The molecular weight excluding hydrogens is 685 g/mol. The first-order valence-corrected chi connectivity index (χ1v) is 18.7. The van der Waals surface area contributed by atoms with E-state index in [-0.39, 0.29) is 0 Å². The average molecular weight is 717 g/mol. The molecule has 11 aromatic rings. The summed E-state index contributed by atoms with van der Waals surface area (Å²) in [6.07, 6.45) is 2.17. The highest BCUT2D eigenvalue weighted by molar-refractivity contribution is 6.18. The largest absolute Gasteiger partial charge is 0.315 e. The Labute approximate surface area is 322 Å². The smallest absolute Gasteiger partial charge is 0.180 e. The summed E-state index contributed by atoms with van der Waals surface area (Å²) in [5.41, 5.74) is 11.7. The van der Waals surface area contributed by atoms with Gasteiger partial charge in [-0.1, -0.05) is 140 Å². The standard InChI is InChI=1S/C50H32N6/c1-4-15-33(16-5-1)43-32-44(34-17-6-2-7-18-34)53-50(52-43)46-41-24-10-12-25-42(41)51-49(54-46)36-19-14-22-38(31-36)56-45-26-13-11-23-39(45)40-28-27-35-29-30-55(47(35)48(40)56)37-20-8-3-9-21-37/h1-32H. The SMILES string of the molecule is c1ccc(-c2cc(-c3ccccc3)nc(-c3nc(-c4cccc(-n5c6ccccc6c6ccc7ccn(-c8ccccc8)c7c65)c4)nc4ccccc34)n2)cc1. The molecule has 6 heteroatoms. The van der Waals surface area contributed by atoms with Crippen LogP contribution in [0.4, 0.5) is 0 Å².